The summed E-state index contributed by atoms with van der Waals surface area (Å²) in [5.74, 6) is 2.54. The minimum atomic E-state index is 0.627. The van der Waals surface area contributed by atoms with E-state index in [4.69, 9.17) is 4.42 Å². The first-order valence-corrected chi connectivity index (χ1v) is 9.05. The van der Waals surface area contributed by atoms with Crippen LogP contribution in [0.2, 0.25) is 0 Å². The molecule has 0 fully saturated rings. The SMILES string of the molecule is CCc1nc(NCc2csc(-c3ccco3)n2)c2ccsc2n1. The summed E-state index contributed by atoms with van der Waals surface area (Å²) < 4.78 is 5.38. The largest absolute Gasteiger partial charge is 0.462 e. The van der Waals surface area contributed by atoms with Gasteiger partial charge in [-0.05, 0) is 23.6 Å². The molecule has 4 aromatic rings. The Balaban J connectivity index is 1.56. The summed E-state index contributed by atoms with van der Waals surface area (Å²) >= 11 is 3.22. The first kappa shape index (κ1) is 14.3. The Labute approximate surface area is 141 Å². The van der Waals surface area contributed by atoms with E-state index in [9.17, 15) is 0 Å². The van der Waals surface area contributed by atoms with Crippen molar-refractivity contribution < 1.29 is 4.42 Å². The number of furan rings is 1. The summed E-state index contributed by atoms with van der Waals surface area (Å²) in [6.07, 6.45) is 2.48. The van der Waals surface area contributed by atoms with E-state index >= 15 is 0 Å². The molecule has 0 aliphatic rings. The monoisotopic (exact) mass is 342 g/mol. The van der Waals surface area contributed by atoms with Crippen LogP contribution in [0, 0.1) is 0 Å². The van der Waals surface area contributed by atoms with Crippen molar-refractivity contribution in [3.63, 3.8) is 0 Å². The number of fused-ring (bicyclic) bond motifs is 1. The van der Waals surface area contributed by atoms with Gasteiger partial charge in [-0.3, -0.25) is 0 Å². The van der Waals surface area contributed by atoms with Gasteiger partial charge in [0, 0.05) is 11.8 Å². The van der Waals surface area contributed by atoms with Crippen molar-refractivity contribution in [3.8, 4) is 10.8 Å². The molecule has 0 radical (unpaired) electrons. The van der Waals surface area contributed by atoms with Crippen molar-refractivity contribution in [2.75, 3.05) is 5.32 Å². The van der Waals surface area contributed by atoms with Gasteiger partial charge >= 0.3 is 0 Å². The van der Waals surface area contributed by atoms with Crippen LogP contribution >= 0.6 is 22.7 Å². The maximum atomic E-state index is 5.38. The van der Waals surface area contributed by atoms with E-state index in [0.29, 0.717) is 6.54 Å². The fourth-order valence-corrected chi connectivity index (χ4v) is 3.84. The number of nitrogens with one attached hydrogen (secondary N) is 1. The summed E-state index contributed by atoms with van der Waals surface area (Å²) in [4.78, 5) is 14.8. The third-order valence-electron chi connectivity index (χ3n) is 3.41. The number of aryl methyl sites for hydroxylation is 1. The number of thiophene rings is 1. The molecule has 0 atom stereocenters. The number of hydrogen-bond acceptors (Lipinski definition) is 7. The summed E-state index contributed by atoms with van der Waals surface area (Å²) in [7, 11) is 0. The fraction of sp³-hybridized carbons (Fsp3) is 0.188. The highest BCUT2D eigenvalue weighted by molar-refractivity contribution is 7.16. The molecule has 0 spiro atoms. The highest BCUT2D eigenvalue weighted by Gasteiger charge is 2.10. The van der Waals surface area contributed by atoms with Gasteiger partial charge in [0.1, 0.15) is 16.5 Å². The van der Waals surface area contributed by atoms with Crippen molar-refractivity contribution in [1.29, 1.82) is 0 Å². The zero-order valence-corrected chi connectivity index (χ0v) is 14.1. The second-order valence-corrected chi connectivity index (χ2v) is 6.71. The van der Waals surface area contributed by atoms with Gasteiger partial charge in [-0.2, -0.15) is 0 Å². The summed E-state index contributed by atoms with van der Waals surface area (Å²) in [5, 5.41) is 9.43. The van der Waals surface area contributed by atoms with E-state index in [0.717, 1.165) is 44.7 Å². The van der Waals surface area contributed by atoms with Gasteiger partial charge in [-0.15, -0.1) is 22.7 Å². The lowest BCUT2D eigenvalue weighted by Crippen LogP contribution is -2.04. The number of nitrogens with zero attached hydrogens (tertiary/aromatic N) is 3. The van der Waals surface area contributed by atoms with Gasteiger partial charge in [0.2, 0.25) is 0 Å². The quantitative estimate of drug-likeness (QED) is 0.575. The molecule has 5 nitrogen and oxygen atoms in total. The topological polar surface area (TPSA) is 63.8 Å². The van der Waals surface area contributed by atoms with Crippen LogP contribution in [0.4, 0.5) is 5.82 Å². The van der Waals surface area contributed by atoms with Gasteiger partial charge in [0.05, 0.1) is 23.9 Å². The average Bonchev–Trinajstić information content (AvgIpc) is 3.32. The second-order valence-electron chi connectivity index (χ2n) is 4.96. The van der Waals surface area contributed by atoms with Crippen LogP contribution in [-0.2, 0) is 13.0 Å². The molecule has 4 aromatic heterocycles. The molecule has 23 heavy (non-hydrogen) atoms. The van der Waals surface area contributed by atoms with E-state index in [1.54, 1.807) is 28.9 Å². The summed E-state index contributed by atoms with van der Waals surface area (Å²) in [6, 6.07) is 5.84. The molecule has 0 unspecified atom stereocenters. The Morgan fingerprint density at radius 3 is 2.96 bits per heavy atom. The minimum absolute atomic E-state index is 0.627. The first-order valence-electron chi connectivity index (χ1n) is 7.29. The molecule has 0 amide bonds. The Kier molecular flexibility index (Phi) is 3.80. The molecule has 1 N–H and O–H groups in total. The molecule has 0 aliphatic carbocycles. The number of thiazole rings is 1. The van der Waals surface area contributed by atoms with Crippen molar-refractivity contribution in [2.45, 2.75) is 19.9 Å². The smallest absolute Gasteiger partial charge is 0.162 e. The van der Waals surface area contributed by atoms with Gasteiger partial charge in [0.25, 0.3) is 0 Å². The van der Waals surface area contributed by atoms with Crippen LogP contribution in [0.3, 0.4) is 0 Å². The standard InChI is InChI=1S/C16H14N4OS2/c1-2-13-19-14(11-5-7-22-15(11)20-13)17-8-10-9-23-16(18-10)12-4-3-6-21-12/h3-7,9H,2,8H2,1H3,(H,17,19,20). The molecular weight excluding hydrogens is 328 g/mol. The van der Waals surface area contributed by atoms with Gasteiger partial charge in [-0.25, -0.2) is 15.0 Å². The fourth-order valence-electron chi connectivity index (χ4n) is 2.27. The third kappa shape index (κ3) is 2.85. The van der Waals surface area contributed by atoms with Gasteiger partial charge in [-0.1, -0.05) is 6.92 Å². The minimum Gasteiger partial charge on any atom is -0.462 e. The number of anilines is 1. The Morgan fingerprint density at radius 1 is 1.17 bits per heavy atom. The molecule has 4 rings (SSSR count). The third-order valence-corrected chi connectivity index (χ3v) is 5.12. The number of aromatic nitrogens is 3. The van der Waals surface area contributed by atoms with Gasteiger partial charge < -0.3 is 9.73 Å². The predicted molar refractivity (Wildman–Crippen MR) is 93.9 cm³/mol. The maximum absolute atomic E-state index is 5.38. The average molecular weight is 342 g/mol. The lowest BCUT2D eigenvalue weighted by atomic mass is 10.3. The van der Waals surface area contributed by atoms with Crippen LogP contribution in [-0.4, -0.2) is 15.0 Å². The zero-order valence-electron chi connectivity index (χ0n) is 12.4. The van der Waals surface area contributed by atoms with Crippen molar-refractivity contribution in [3.05, 3.63) is 46.7 Å². The molecule has 116 valence electrons. The first-order chi connectivity index (χ1) is 11.3. The zero-order chi connectivity index (χ0) is 15.6. The molecular formula is C16H14N4OS2. The molecule has 4 heterocycles. The van der Waals surface area contributed by atoms with Gasteiger partial charge in [0.15, 0.2) is 10.8 Å². The predicted octanol–water partition coefficient (Wildman–Crippen LogP) is 4.58. The van der Waals surface area contributed by atoms with E-state index in [-0.39, 0.29) is 0 Å². The maximum Gasteiger partial charge on any atom is 0.162 e. The molecule has 0 bridgehead atoms. The van der Waals surface area contributed by atoms with Crippen LogP contribution in [0.25, 0.3) is 21.0 Å². The molecule has 0 aromatic carbocycles. The highest BCUT2D eigenvalue weighted by Crippen LogP contribution is 2.27. The van der Waals surface area contributed by atoms with Crippen LogP contribution < -0.4 is 5.32 Å². The van der Waals surface area contributed by atoms with Crippen LogP contribution in [0.5, 0.6) is 0 Å². The normalized spacial score (nSPS) is 11.2. The van der Waals surface area contributed by atoms with E-state index < -0.39 is 0 Å². The highest BCUT2D eigenvalue weighted by atomic mass is 32.1. The summed E-state index contributed by atoms with van der Waals surface area (Å²) in [5.41, 5.74) is 0.974. The lowest BCUT2D eigenvalue weighted by molar-refractivity contribution is 0.581. The van der Waals surface area contributed by atoms with E-state index in [2.05, 4.69) is 33.3 Å². The van der Waals surface area contributed by atoms with E-state index in [1.807, 2.05) is 22.9 Å². The lowest BCUT2D eigenvalue weighted by Gasteiger charge is -2.06. The molecule has 0 saturated heterocycles. The molecule has 7 heteroatoms. The summed E-state index contributed by atoms with van der Waals surface area (Å²) in [6.45, 7) is 2.69. The van der Waals surface area contributed by atoms with Crippen molar-refractivity contribution >= 4 is 38.7 Å². The second kappa shape index (κ2) is 6.10. The Hall–Kier alpha value is -2.25. The van der Waals surface area contributed by atoms with Crippen LogP contribution in [0.1, 0.15) is 18.4 Å². The van der Waals surface area contributed by atoms with Crippen molar-refractivity contribution in [2.24, 2.45) is 0 Å². The Bertz CT molecular complexity index is 927. The Morgan fingerprint density at radius 2 is 2.13 bits per heavy atom. The van der Waals surface area contributed by atoms with Crippen molar-refractivity contribution in [1.82, 2.24) is 15.0 Å². The van der Waals surface area contributed by atoms with Crippen LogP contribution in [0.15, 0.2) is 39.6 Å². The molecule has 0 saturated carbocycles. The molecule has 0 aliphatic heterocycles. The van der Waals surface area contributed by atoms with E-state index in [1.165, 1.54) is 0 Å². The number of rotatable bonds is 5. The number of hydrogen-bond donors (Lipinski definition) is 1.